The van der Waals surface area contributed by atoms with Gasteiger partial charge in [-0.15, -0.1) is 0 Å². The van der Waals surface area contributed by atoms with Gasteiger partial charge in [0.2, 0.25) is 5.91 Å². The summed E-state index contributed by atoms with van der Waals surface area (Å²) < 4.78 is 0. The topological polar surface area (TPSA) is 42.0 Å². The quantitative estimate of drug-likeness (QED) is 0.826. The molecule has 0 aliphatic heterocycles. The molecule has 0 saturated carbocycles. The maximum atomic E-state index is 11.4. The van der Waals surface area contributed by atoms with E-state index in [1.807, 2.05) is 32.0 Å². The van der Waals surface area contributed by atoms with E-state index >= 15 is 0 Å². The van der Waals surface area contributed by atoms with Crippen molar-refractivity contribution >= 4 is 11.7 Å². The molecule has 0 atom stereocenters. The van der Waals surface area contributed by atoms with Gasteiger partial charge >= 0.3 is 0 Å². The summed E-state index contributed by atoms with van der Waals surface area (Å²) in [5.74, 6) is 0.999. The highest BCUT2D eigenvalue weighted by Crippen LogP contribution is 2.14. The number of aromatic nitrogens is 1. The highest BCUT2D eigenvalue weighted by atomic mass is 16.1. The molecule has 1 N–H and O–H groups in total. The lowest BCUT2D eigenvalue weighted by atomic mass is 10.1. The Hall–Kier alpha value is -1.38. The summed E-state index contributed by atoms with van der Waals surface area (Å²) in [4.78, 5) is 15.8. The number of nitrogens with zero attached hydrogens (tertiary/aromatic N) is 1. The summed E-state index contributed by atoms with van der Waals surface area (Å²) in [7, 11) is 0. The lowest BCUT2D eigenvalue weighted by molar-refractivity contribution is -0.118. The molecule has 0 aromatic carbocycles. The zero-order chi connectivity index (χ0) is 11.4. The minimum absolute atomic E-state index is 0.00315. The van der Waals surface area contributed by atoms with Crippen molar-refractivity contribution in [2.24, 2.45) is 5.92 Å². The van der Waals surface area contributed by atoms with Gasteiger partial charge in [-0.2, -0.15) is 0 Å². The average Bonchev–Trinajstić information content (AvgIpc) is 2.18. The Kier molecular flexibility index (Phi) is 3.83. The Morgan fingerprint density at radius 2 is 1.93 bits per heavy atom. The number of pyridine rings is 1. The molecular formula is C12H18N2O. The normalized spacial score (nSPS) is 10.8. The van der Waals surface area contributed by atoms with Crippen LogP contribution in [0.3, 0.4) is 0 Å². The fourth-order valence-corrected chi connectivity index (χ4v) is 1.11. The first kappa shape index (κ1) is 11.7. The minimum Gasteiger partial charge on any atom is -0.310 e. The number of carbonyl (C=O) groups excluding carboxylic acids is 1. The average molecular weight is 206 g/mol. The van der Waals surface area contributed by atoms with E-state index in [0.717, 1.165) is 5.69 Å². The Balaban J connectivity index is 2.78. The summed E-state index contributed by atoms with van der Waals surface area (Å²) in [6, 6.07) is 5.69. The van der Waals surface area contributed by atoms with E-state index in [1.165, 1.54) is 0 Å². The summed E-state index contributed by atoms with van der Waals surface area (Å²) in [6.07, 6.45) is 0. The van der Waals surface area contributed by atoms with E-state index in [9.17, 15) is 4.79 Å². The third-order valence-electron chi connectivity index (χ3n) is 2.14. The van der Waals surface area contributed by atoms with Gasteiger partial charge in [-0.25, -0.2) is 4.98 Å². The molecule has 1 aromatic heterocycles. The predicted molar refractivity (Wildman–Crippen MR) is 61.8 cm³/mol. The summed E-state index contributed by atoms with van der Waals surface area (Å²) in [5, 5.41) is 2.79. The molecular weight excluding hydrogens is 188 g/mol. The Morgan fingerprint density at radius 3 is 2.47 bits per heavy atom. The van der Waals surface area contributed by atoms with Crippen molar-refractivity contribution in [3.05, 3.63) is 23.9 Å². The van der Waals surface area contributed by atoms with Gasteiger partial charge in [0.1, 0.15) is 5.82 Å². The number of anilines is 1. The lowest BCUT2D eigenvalue weighted by Crippen LogP contribution is -2.18. The molecule has 0 radical (unpaired) electrons. The van der Waals surface area contributed by atoms with Crippen molar-refractivity contribution in [1.29, 1.82) is 0 Å². The molecule has 0 bridgehead atoms. The van der Waals surface area contributed by atoms with E-state index in [2.05, 4.69) is 24.1 Å². The van der Waals surface area contributed by atoms with Crippen LogP contribution in [0.1, 0.15) is 39.3 Å². The molecule has 0 unspecified atom stereocenters. The number of rotatable bonds is 3. The van der Waals surface area contributed by atoms with E-state index < -0.39 is 0 Å². The van der Waals surface area contributed by atoms with Crippen molar-refractivity contribution in [3.8, 4) is 0 Å². The maximum Gasteiger partial charge on any atom is 0.228 e. The molecule has 0 saturated heterocycles. The van der Waals surface area contributed by atoms with Gasteiger partial charge in [-0.1, -0.05) is 33.8 Å². The van der Waals surface area contributed by atoms with Crippen LogP contribution >= 0.6 is 0 Å². The second-order valence-corrected chi connectivity index (χ2v) is 4.25. The van der Waals surface area contributed by atoms with E-state index in [0.29, 0.717) is 11.7 Å². The SMILES string of the molecule is CC(C)C(=O)Nc1cccc(C(C)C)n1. The van der Waals surface area contributed by atoms with Gasteiger partial charge in [-0.3, -0.25) is 4.79 Å². The van der Waals surface area contributed by atoms with Crippen LogP contribution in [0.4, 0.5) is 5.82 Å². The molecule has 0 aliphatic rings. The second-order valence-electron chi connectivity index (χ2n) is 4.25. The highest BCUT2D eigenvalue weighted by Gasteiger charge is 2.08. The van der Waals surface area contributed by atoms with Crippen molar-refractivity contribution in [3.63, 3.8) is 0 Å². The van der Waals surface area contributed by atoms with Crippen LogP contribution in [0.15, 0.2) is 18.2 Å². The van der Waals surface area contributed by atoms with Crippen molar-refractivity contribution in [2.75, 3.05) is 5.32 Å². The molecule has 3 nitrogen and oxygen atoms in total. The molecule has 82 valence electrons. The molecule has 0 aliphatic carbocycles. The Labute approximate surface area is 90.9 Å². The first-order valence-corrected chi connectivity index (χ1v) is 5.28. The maximum absolute atomic E-state index is 11.4. The van der Waals surface area contributed by atoms with Gasteiger partial charge in [-0.05, 0) is 18.1 Å². The predicted octanol–water partition coefficient (Wildman–Crippen LogP) is 2.80. The minimum atomic E-state index is -0.0190. The van der Waals surface area contributed by atoms with Gasteiger partial charge < -0.3 is 5.32 Å². The lowest BCUT2D eigenvalue weighted by Gasteiger charge is -2.09. The van der Waals surface area contributed by atoms with Crippen LogP contribution in [0.25, 0.3) is 0 Å². The monoisotopic (exact) mass is 206 g/mol. The number of amides is 1. The molecule has 3 heteroatoms. The van der Waals surface area contributed by atoms with Crippen LogP contribution in [-0.4, -0.2) is 10.9 Å². The number of hydrogen-bond donors (Lipinski definition) is 1. The zero-order valence-electron chi connectivity index (χ0n) is 9.74. The fourth-order valence-electron chi connectivity index (χ4n) is 1.11. The van der Waals surface area contributed by atoms with Gasteiger partial charge in [0.05, 0.1) is 0 Å². The first-order valence-electron chi connectivity index (χ1n) is 5.28. The number of nitrogens with one attached hydrogen (secondary N) is 1. The van der Waals surface area contributed by atoms with Crippen LogP contribution in [-0.2, 0) is 4.79 Å². The van der Waals surface area contributed by atoms with E-state index in [-0.39, 0.29) is 11.8 Å². The molecule has 1 rings (SSSR count). The van der Waals surface area contributed by atoms with Crippen LogP contribution in [0.5, 0.6) is 0 Å². The van der Waals surface area contributed by atoms with Crippen molar-refractivity contribution in [1.82, 2.24) is 4.98 Å². The highest BCUT2D eigenvalue weighted by molar-refractivity contribution is 5.91. The first-order chi connectivity index (χ1) is 7.00. The molecule has 0 spiro atoms. The van der Waals surface area contributed by atoms with Crippen LogP contribution in [0, 0.1) is 5.92 Å². The Bertz CT molecular complexity index is 345. The summed E-state index contributed by atoms with van der Waals surface area (Å²) >= 11 is 0. The third-order valence-corrected chi connectivity index (χ3v) is 2.14. The molecule has 1 heterocycles. The zero-order valence-corrected chi connectivity index (χ0v) is 9.74. The molecule has 0 fully saturated rings. The van der Waals surface area contributed by atoms with E-state index in [4.69, 9.17) is 0 Å². The fraction of sp³-hybridized carbons (Fsp3) is 0.500. The molecule has 1 amide bonds. The Morgan fingerprint density at radius 1 is 1.27 bits per heavy atom. The van der Waals surface area contributed by atoms with Crippen LogP contribution in [0.2, 0.25) is 0 Å². The van der Waals surface area contributed by atoms with Gasteiger partial charge in [0.15, 0.2) is 0 Å². The molecule has 15 heavy (non-hydrogen) atoms. The summed E-state index contributed by atoms with van der Waals surface area (Å²) in [5.41, 5.74) is 0.997. The van der Waals surface area contributed by atoms with Crippen LogP contribution < -0.4 is 5.32 Å². The number of hydrogen-bond acceptors (Lipinski definition) is 2. The van der Waals surface area contributed by atoms with E-state index in [1.54, 1.807) is 0 Å². The smallest absolute Gasteiger partial charge is 0.228 e. The number of carbonyl (C=O) groups is 1. The van der Waals surface area contributed by atoms with Crippen molar-refractivity contribution in [2.45, 2.75) is 33.6 Å². The van der Waals surface area contributed by atoms with Gasteiger partial charge in [0.25, 0.3) is 0 Å². The van der Waals surface area contributed by atoms with Crippen molar-refractivity contribution < 1.29 is 4.79 Å². The third kappa shape index (κ3) is 3.35. The second kappa shape index (κ2) is 4.91. The largest absolute Gasteiger partial charge is 0.310 e. The summed E-state index contributed by atoms with van der Waals surface area (Å²) in [6.45, 7) is 7.88. The standard InChI is InChI=1S/C12H18N2O/c1-8(2)10-6-5-7-11(13-10)14-12(15)9(3)4/h5-9H,1-4H3,(H,13,14,15). The molecule has 1 aromatic rings. The van der Waals surface area contributed by atoms with Gasteiger partial charge in [0, 0.05) is 11.6 Å².